The van der Waals surface area contributed by atoms with Crippen LogP contribution in [0.3, 0.4) is 0 Å². The van der Waals surface area contributed by atoms with Gasteiger partial charge in [0, 0.05) is 24.4 Å². The van der Waals surface area contributed by atoms with Crippen molar-refractivity contribution >= 4 is 38.5 Å². The van der Waals surface area contributed by atoms with Crippen molar-refractivity contribution in [3.63, 3.8) is 0 Å². The van der Waals surface area contributed by atoms with E-state index in [1.165, 1.54) is 9.21 Å². The van der Waals surface area contributed by atoms with Gasteiger partial charge in [0.1, 0.15) is 6.04 Å². The van der Waals surface area contributed by atoms with Crippen LogP contribution < -0.4 is 0 Å². The van der Waals surface area contributed by atoms with Crippen molar-refractivity contribution in [3.05, 3.63) is 42.5 Å². The zero-order valence-electron chi connectivity index (χ0n) is 19.7. The molecule has 2 aromatic rings. The summed E-state index contributed by atoms with van der Waals surface area (Å²) in [5.74, 6) is -1.10. The molecule has 3 amide bonds. The second-order valence-electron chi connectivity index (χ2n) is 10.2. The molecule has 3 heterocycles. The number of rotatable bonds is 4. The smallest absolute Gasteiger partial charge is 0.244 e. The molecule has 1 aliphatic carbocycles. The van der Waals surface area contributed by atoms with Gasteiger partial charge in [-0.15, -0.1) is 0 Å². The standard InChI is InChI=1S/C26H29N3O5S/c1-16-23-20(29(24(16)30)25(31)18-11-12-18)13-15-27(23)26(32)21-9-5-14-28(21)35(33,34)22-10-4-7-17-6-2-3-8-19(17)22/h2-4,6-8,10,16,18,20-21,23H,5,9,11-15H2,1H3/t16-,20-,21-,23+/m0/s1. The lowest BCUT2D eigenvalue weighted by atomic mass is 10.0. The van der Waals surface area contributed by atoms with Gasteiger partial charge in [-0.3, -0.25) is 19.3 Å². The fourth-order valence-electron chi connectivity index (χ4n) is 6.28. The van der Waals surface area contributed by atoms with Crippen LogP contribution in [0.25, 0.3) is 10.8 Å². The normalized spacial score (nSPS) is 29.2. The molecular weight excluding hydrogens is 466 g/mol. The van der Waals surface area contributed by atoms with Crippen molar-refractivity contribution < 1.29 is 22.8 Å². The number of carbonyl (C=O) groups is 3. The summed E-state index contributed by atoms with van der Waals surface area (Å²) in [5, 5.41) is 1.47. The summed E-state index contributed by atoms with van der Waals surface area (Å²) in [4.78, 5) is 42.9. The predicted octanol–water partition coefficient (Wildman–Crippen LogP) is 2.38. The minimum Gasteiger partial charge on any atom is -0.335 e. The molecule has 8 nitrogen and oxygen atoms in total. The van der Waals surface area contributed by atoms with Gasteiger partial charge in [0.2, 0.25) is 27.7 Å². The highest BCUT2D eigenvalue weighted by Crippen LogP contribution is 2.42. The monoisotopic (exact) mass is 495 g/mol. The first-order valence-electron chi connectivity index (χ1n) is 12.5. The molecule has 0 unspecified atom stereocenters. The van der Waals surface area contributed by atoms with E-state index >= 15 is 0 Å². The van der Waals surface area contributed by atoms with Crippen LogP contribution in [0.4, 0.5) is 0 Å². The van der Waals surface area contributed by atoms with Crippen molar-refractivity contribution in [1.29, 1.82) is 0 Å². The fraction of sp³-hybridized carbons (Fsp3) is 0.500. The average molecular weight is 496 g/mol. The Balaban J connectivity index is 1.29. The first-order valence-corrected chi connectivity index (χ1v) is 13.9. The molecule has 0 spiro atoms. The molecule has 3 aliphatic heterocycles. The number of carbonyl (C=O) groups excluding carboxylic acids is 3. The number of benzene rings is 2. The molecule has 0 radical (unpaired) electrons. The highest BCUT2D eigenvalue weighted by atomic mass is 32.2. The minimum absolute atomic E-state index is 0.0641. The number of fused-ring (bicyclic) bond motifs is 2. The predicted molar refractivity (Wildman–Crippen MR) is 129 cm³/mol. The number of sulfonamides is 1. The Morgan fingerprint density at radius 3 is 2.43 bits per heavy atom. The van der Waals surface area contributed by atoms with E-state index in [0.29, 0.717) is 31.2 Å². The Kier molecular flexibility index (Phi) is 5.27. The maximum atomic E-state index is 13.8. The second kappa shape index (κ2) is 8.13. The number of nitrogens with zero attached hydrogens (tertiary/aromatic N) is 3. The summed E-state index contributed by atoms with van der Waals surface area (Å²) >= 11 is 0. The van der Waals surface area contributed by atoms with E-state index in [2.05, 4.69) is 0 Å². The van der Waals surface area contributed by atoms with Crippen LogP contribution in [0.1, 0.15) is 39.0 Å². The Morgan fingerprint density at radius 1 is 0.914 bits per heavy atom. The molecule has 0 N–H and O–H groups in total. The van der Waals surface area contributed by atoms with E-state index < -0.39 is 22.0 Å². The van der Waals surface area contributed by atoms with Crippen LogP contribution in [-0.2, 0) is 24.4 Å². The topological polar surface area (TPSA) is 95.1 Å². The Morgan fingerprint density at radius 2 is 1.66 bits per heavy atom. The largest absolute Gasteiger partial charge is 0.335 e. The summed E-state index contributed by atoms with van der Waals surface area (Å²) in [5.41, 5.74) is 0. The molecule has 0 aromatic heterocycles. The summed E-state index contributed by atoms with van der Waals surface area (Å²) < 4.78 is 28.9. The summed E-state index contributed by atoms with van der Waals surface area (Å²) in [7, 11) is -3.91. The van der Waals surface area contributed by atoms with Gasteiger partial charge in [0.15, 0.2) is 0 Å². The quantitative estimate of drug-likeness (QED) is 0.607. The molecule has 4 atom stereocenters. The Bertz CT molecular complexity index is 1330. The summed E-state index contributed by atoms with van der Waals surface area (Å²) in [6.45, 7) is 2.49. The van der Waals surface area contributed by atoms with Crippen LogP contribution in [0.5, 0.6) is 0 Å². The van der Waals surface area contributed by atoms with E-state index in [4.69, 9.17) is 0 Å². The van der Waals surface area contributed by atoms with Crippen molar-refractivity contribution in [2.75, 3.05) is 13.1 Å². The van der Waals surface area contributed by atoms with Crippen LogP contribution in [0.2, 0.25) is 0 Å². The molecule has 0 bridgehead atoms. The van der Waals surface area contributed by atoms with Gasteiger partial charge in [-0.2, -0.15) is 4.31 Å². The molecule has 35 heavy (non-hydrogen) atoms. The third-order valence-electron chi connectivity index (χ3n) is 8.16. The van der Waals surface area contributed by atoms with Gasteiger partial charge in [-0.25, -0.2) is 8.42 Å². The van der Waals surface area contributed by atoms with Crippen LogP contribution in [0.15, 0.2) is 47.4 Å². The highest BCUT2D eigenvalue weighted by molar-refractivity contribution is 7.89. The van der Waals surface area contributed by atoms with Crippen LogP contribution >= 0.6 is 0 Å². The first-order chi connectivity index (χ1) is 16.8. The SMILES string of the molecule is C[C@@H]1C(=O)N(C(=O)C2CC2)[C@H]2CCN(C(=O)[C@@H]3CCCN3S(=O)(=O)c3cccc4ccccc34)[C@H]12. The third kappa shape index (κ3) is 3.42. The van der Waals surface area contributed by atoms with Crippen LogP contribution in [-0.4, -0.2) is 71.5 Å². The van der Waals surface area contributed by atoms with Gasteiger partial charge in [0.05, 0.1) is 22.9 Å². The van der Waals surface area contributed by atoms with Gasteiger partial charge in [-0.05, 0) is 43.6 Å². The van der Waals surface area contributed by atoms with Gasteiger partial charge in [0.25, 0.3) is 0 Å². The van der Waals surface area contributed by atoms with E-state index in [0.717, 1.165) is 18.2 Å². The first kappa shape index (κ1) is 22.7. The van der Waals surface area contributed by atoms with Gasteiger partial charge in [-0.1, -0.05) is 43.3 Å². The van der Waals surface area contributed by atoms with E-state index in [1.54, 1.807) is 30.0 Å². The average Bonchev–Trinajstić information content (AvgIpc) is 3.33. The molecule has 2 aromatic carbocycles. The molecule has 4 aliphatic rings. The van der Waals surface area contributed by atoms with Crippen molar-refractivity contribution in [2.24, 2.45) is 11.8 Å². The summed E-state index contributed by atoms with van der Waals surface area (Å²) in [6, 6.07) is 11.0. The lowest BCUT2D eigenvalue weighted by Crippen LogP contribution is -2.51. The molecule has 4 fully saturated rings. The number of hydrogen-bond acceptors (Lipinski definition) is 5. The molecule has 3 saturated heterocycles. The maximum Gasteiger partial charge on any atom is 0.244 e. The van der Waals surface area contributed by atoms with Crippen LogP contribution in [0, 0.1) is 11.8 Å². The number of imide groups is 1. The number of likely N-dealkylation sites (tertiary alicyclic amines) is 2. The van der Waals surface area contributed by atoms with Crippen molar-refractivity contribution in [2.45, 2.75) is 62.0 Å². The molecule has 6 rings (SSSR count). The third-order valence-corrected chi connectivity index (χ3v) is 10.1. The van der Waals surface area contributed by atoms with Crippen molar-refractivity contribution in [3.8, 4) is 0 Å². The number of hydrogen-bond donors (Lipinski definition) is 0. The minimum atomic E-state index is -3.91. The molecule has 184 valence electrons. The summed E-state index contributed by atoms with van der Waals surface area (Å²) in [6.07, 6.45) is 3.24. The highest BCUT2D eigenvalue weighted by Gasteiger charge is 2.57. The number of amides is 3. The van der Waals surface area contributed by atoms with E-state index in [-0.39, 0.29) is 47.2 Å². The molecule has 9 heteroatoms. The molecule has 1 saturated carbocycles. The fourth-order valence-corrected chi connectivity index (χ4v) is 8.15. The maximum absolute atomic E-state index is 13.8. The Hall–Kier alpha value is -2.78. The zero-order chi connectivity index (χ0) is 24.5. The van der Waals surface area contributed by atoms with E-state index in [1.807, 2.05) is 24.3 Å². The molecular formula is C26H29N3O5S. The second-order valence-corrected chi connectivity index (χ2v) is 12.1. The Labute approximate surface area is 204 Å². The van der Waals surface area contributed by atoms with Crippen molar-refractivity contribution in [1.82, 2.24) is 14.1 Å². The zero-order valence-corrected chi connectivity index (χ0v) is 20.5. The lowest BCUT2D eigenvalue weighted by Gasteiger charge is -2.32. The lowest BCUT2D eigenvalue weighted by molar-refractivity contribution is -0.146. The van der Waals surface area contributed by atoms with Gasteiger partial charge < -0.3 is 4.90 Å². The van der Waals surface area contributed by atoms with Gasteiger partial charge >= 0.3 is 0 Å². The van der Waals surface area contributed by atoms with E-state index in [9.17, 15) is 22.8 Å².